The summed E-state index contributed by atoms with van der Waals surface area (Å²) in [5, 5.41) is 0. The van der Waals surface area contributed by atoms with Gasteiger partial charge in [0, 0.05) is 17.6 Å². The Balaban J connectivity index is 2.11. The largest absolute Gasteiger partial charge is 0.477 e. The van der Waals surface area contributed by atoms with Crippen molar-refractivity contribution in [3.05, 3.63) is 46.4 Å². The third-order valence-electron chi connectivity index (χ3n) is 4.06. The summed E-state index contributed by atoms with van der Waals surface area (Å²) < 4.78 is 60.8. The Morgan fingerprint density at radius 2 is 1.96 bits per heavy atom. The molecule has 0 fully saturated rings. The van der Waals surface area contributed by atoms with Crippen LogP contribution in [-0.4, -0.2) is 27.5 Å². The minimum Gasteiger partial charge on any atom is -0.477 e. The number of carbonyl (C=O) groups is 1. The van der Waals surface area contributed by atoms with Gasteiger partial charge in [0.1, 0.15) is 16.5 Å². The van der Waals surface area contributed by atoms with E-state index < -0.39 is 33.4 Å². The maximum absolute atomic E-state index is 13.9. The van der Waals surface area contributed by atoms with Gasteiger partial charge < -0.3 is 9.64 Å². The van der Waals surface area contributed by atoms with Gasteiger partial charge in [0.05, 0.1) is 11.4 Å². The number of nitrogens with one attached hydrogen (secondary N) is 1. The van der Waals surface area contributed by atoms with Crippen molar-refractivity contribution in [3.8, 4) is 5.75 Å². The summed E-state index contributed by atoms with van der Waals surface area (Å²) in [5.41, 5.74) is -0.142. The molecule has 0 bridgehead atoms. The van der Waals surface area contributed by atoms with E-state index in [1.807, 2.05) is 0 Å². The number of anilines is 2. The van der Waals surface area contributed by atoms with Gasteiger partial charge in [0.25, 0.3) is 15.9 Å². The van der Waals surface area contributed by atoms with Crippen LogP contribution in [-0.2, 0) is 14.8 Å². The summed E-state index contributed by atoms with van der Waals surface area (Å²) in [6.07, 6.45) is -0.488. The number of benzene rings is 2. The number of carbonyl (C=O) groups excluding carboxylic acids is 1. The Bertz CT molecular complexity index is 1030. The highest BCUT2D eigenvalue weighted by Crippen LogP contribution is 2.42. The second kappa shape index (κ2) is 7.08. The van der Waals surface area contributed by atoms with Gasteiger partial charge in [-0.1, -0.05) is 22.9 Å². The van der Waals surface area contributed by atoms with Crippen LogP contribution in [0.5, 0.6) is 5.75 Å². The maximum atomic E-state index is 13.9. The molecule has 6 nitrogen and oxygen atoms in total. The molecule has 1 aliphatic heterocycles. The van der Waals surface area contributed by atoms with E-state index in [1.54, 1.807) is 13.0 Å². The number of hydrogen-bond acceptors (Lipinski definition) is 4. The first-order valence-electron chi connectivity index (χ1n) is 7.89. The monoisotopic (exact) mass is 460 g/mol. The highest BCUT2D eigenvalue weighted by atomic mass is 79.9. The van der Waals surface area contributed by atoms with Crippen molar-refractivity contribution >= 4 is 43.2 Å². The fraction of sp³-hybridized carbons (Fsp3) is 0.235. The van der Waals surface area contributed by atoms with Gasteiger partial charge in [0.2, 0.25) is 0 Å². The first-order valence-corrected chi connectivity index (χ1v) is 10.2. The molecule has 0 radical (unpaired) electrons. The van der Waals surface area contributed by atoms with Crippen molar-refractivity contribution in [2.75, 3.05) is 16.7 Å². The molecule has 2 aromatic carbocycles. The molecule has 0 spiro atoms. The number of nitrogens with zero attached hydrogens (tertiary/aromatic N) is 1. The average molecular weight is 461 g/mol. The summed E-state index contributed by atoms with van der Waals surface area (Å²) in [7, 11) is -2.77. The lowest BCUT2D eigenvalue weighted by Gasteiger charge is -2.32. The van der Waals surface area contributed by atoms with Crippen molar-refractivity contribution in [1.29, 1.82) is 0 Å². The lowest BCUT2D eigenvalue weighted by atomic mass is 10.1. The number of halogens is 3. The predicted molar refractivity (Wildman–Crippen MR) is 99.4 cm³/mol. The lowest BCUT2D eigenvalue weighted by molar-refractivity contribution is -0.126. The Labute approximate surface area is 163 Å². The molecule has 3 rings (SSSR count). The van der Waals surface area contributed by atoms with Crippen LogP contribution < -0.4 is 14.4 Å². The minimum absolute atomic E-state index is 0.0119. The average Bonchev–Trinajstić information content (AvgIpc) is 2.60. The number of likely N-dealkylation sites (N-methyl/N-ethyl adjacent to an activating group) is 1. The molecule has 0 saturated carbocycles. The molecule has 144 valence electrons. The molecule has 1 unspecified atom stereocenters. The number of amides is 1. The van der Waals surface area contributed by atoms with Crippen LogP contribution in [0.4, 0.5) is 20.2 Å². The Morgan fingerprint density at radius 3 is 2.59 bits per heavy atom. The molecule has 1 amide bonds. The van der Waals surface area contributed by atoms with E-state index in [1.165, 1.54) is 18.0 Å². The number of hydrogen-bond donors (Lipinski definition) is 1. The van der Waals surface area contributed by atoms with Crippen LogP contribution in [0, 0.1) is 11.6 Å². The van der Waals surface area contributed by atoms with Gasteiger partial charge in [-0.3, -0.25) is 9.52 Å². The molecule has 10 heteroatoms. The van der Waals surface area contributed by atoms with E-state index in [0.717, 1.165) is 12.1 Å². The fourth-order valence-corrected chi connectivity index (χ4v) is 4.52. The molecule has 0 aliphatic carbocycles. The Morgan fingerprint density at radius 1 is 1.26 bits per heavy atom. The van der Waals surface area contributed by atoms with Gasteiger partial charge in [-0.05, 0) is 30.7 Å². The summed E-state index contributed by atoms with van der Waals surface area (Å²) in [4.78, 5) is 13.3. The first-order chi connectivity index (χ1) is 12.6. The zero-order valence-corrected chi connectivity index (χ0v) is 16.7. The number of rotatable bonds is 4. The van der Waals surface area contributed by atoms with Crippen molar-refractivity contribution in [2.24, 2.45) is 0 Å². The molecular weight excluding hydrogens is 446 g/mol. The number of sulfonamides is 1. The molecule has 0 aromatic heterocycles. The molecular formula is C17H15BrF2N2O4S. The Hall–Kier alpha value is -2.20. The first kappa shape index (κ1) is 19.6. The normalized spacial score (nSPS) is 16.7. The standard InChI is InChI=1S/C17H15BrF2N2O4S/c1-3-14-17(23)22(2)13-6-9(18)7-15(16(13)26-14)27(24,25)21-12-5-4-10(19)8-11(12)20/h4-8,14,21H,3H2,1-2H3. The SMILES string of the molecule is CCC1Oc2c(cc(Br)cc2S(=O)(=O)Nc2ccc(F)cc2F)N(C)C1=O. The van der Waals surface area contributed by atoms with Crippen molar-refractivity contribution in [2.45, 2.75) is 24.3 Å². The topological polar surface area (TPSA) is 75.7 Å². The van der Waals surface area contributed by atoms with E-state index in [9.17, 15) is 22.0 Å². The third-order valence-corrected chi connectivity index (χ3v) is 5.89. The van der Waals surface area contributed by atoms with Gasteiger partial charge in [-0.2, -0.15) is 0 Å². The van der Waals surface area contributed by atoms with Crippen LogP contribution in [0.3, 0.4) is 0 Å². The fourth-order valence-electron chi connectivity index (χ4n) is 2.68. The number of fused-ring (bicyclic) bond motifs is 1. The second-order valence-corrected chi connectivity index (χ2v) is 8.46. The van der Waals surface area contributed by atoms with E-state index in [0.29, 0.717) is 17.0 Å². The maximum Gasteiger partial charge on any atom is 0.267 e. The predicted octanol–water partition coefficient (Wildman–Crippen LogP) is 3.66. The van der Waals surface area contributed by atoms with Gasteiger partial charge in [-0.15, -0.1) is 0 Å². The molecule has 1 N–H and O–H groups in total. The molecule has 1 atom stereocenters. The van der Waals surface area contributed by atoms with Crippen LogP contribution in [0.25, 0.3) is 0 Å². The van der Waals surface area contributed by atoms with E-state index in [4.69, 9.17) is 4.74 Å². The van der Waals surface area contributed by atoms with E-state index in [2.05, 4.69) is 20.7 Å². The molecule has 27 heavy (non-hydrogen) atoms. The summed E-state index contributed by atoms with van der Waals surface area (Å²) in [6, 6.07) is 5.34. The van der Waals surface area contributed by atoms with Gasteiger partial charge in [0.15, 0.2) is 11.9 Å². The molecule has 0 saturated heterocycles. The quantitative estimate of drug-likeness (QED) is 0.755. The van der Waals surface area contributed by atoms with E-state index >= 15 is 0 Å². The second-order valence-electron chi connectivity index (χ2n) is 5.89. The van der Waals surface area contributed by atoms with Crippen LogP contribution in [0.2, 0.25) is 0 Å². The summed E-state index contributed by atoms with van der Waals surface area (Å²) >= 11 is 3.21. The van der Waals surface area contributed by atoms with Gasteiger partial charge in [-0.25, -0.2) is 17.2 Å². The lowest BCUT2D eigenvalue weighted by Crippen LogP contribution is -2.43. The van der Waals surface area contributed by atoms with E-state index in [-0.39, 0.29) is 22.2 Å². The van der Waals surface area contributed by atoms with Crippen LogP contribution in [0.1, 0.15) is 13.3 Å². The summed E-state index contributed by atoms with van der Waals surface area (Å²) in [6.45, 7) is 1.74. The van der Waals surface area contributed by atoms with Crippen LogP contribution >= 0.6 is 15.9 Å². The van der Waals surface area contributed by atoms with Crippen molar-refractivity contribution in [1.82, 2.24) is 0 Å². The van der Waals surface area contributed by atoms with Crippen molar-refractivity contribution in [3.63, 3.8) is 0 Å². The van der Waals surface area contributed by atoms with Crippen LogP contribution in [0.15, 0.2) is 39.7 Å². The molecule has 1 aliphatic rings. The molecule has 1 heterocycles. The zero-order chi connectivity index (χ0) is 19.9. The Kier molecular flexibility index (Phi) is 5.13. The third kappa shape index (κ3) is 3.63. The van der Waals surface area contributed by atoms with Crippen molar-refractivity contribution < 1.29 is 26.7 Å². The smallest absolute Gasteiger partial charge is 0.267 e. The molecule has 2 aromatic rings. The van der Waals surface area contributed by atoms with Gasteiger partial charge >= 0.3 is 0 Å². The highest BCUT2D eigenvalue weighted by molar-refractivity contribution is 9.10. The summed E-state index contributed by atoms with van der Waals surface area (Å²) in [5.74, 6) is -2.20. The number of ether oxygens (including phenoxy) is 1. The highest BCUT2D eigenvalue weighted by Gasteiger charge is 2.36. The minimum atomic E-state index is -4.29. The zero-order valence-electron chi connectivity index (χ0n) is 14.3.